The van der Waals surface area contributed by atoms with Crippen molar-refractivity contribution < 1.29 is 62.8 Å². The zero-order valence-electron chi connectivity index (χ0n) is 38.4. The van der Waals surface area contributed by atoms with E-state index in [1.165, 1.54) is 21.0 Å². The molecule has 61 heavy (non-hydrogen) atoms. The number of carbonyl (C=O) groups is 2. The number of amides is 1. The second-order valence-corrected chi connectivity index (χ2v) is 18.6. The van der Waals surface area contributed by atoms with Crippen LogP contribution in [0.4, 0.5) is 0 Å². The number of likely N-dealkylation sites (N-methyl/N-ethyl adjacent to an activating group) is 1. The Kier molecular flexibility index (Phi) is 16.0. The first-order valence-corrected chi connectivity index (χ1v) is 21.9. The first-order valence-electron chi connectivity index (χ1n) is 21.9. The molecule has 4 heterocycles. The maximum atomic E-state index is 14.5. The topological polar surface area (TPSA) is 196 Å². The molecule has 16 heteroatoms. The molecule has 0 aromatic heterocycles. The van der Waals surface area contributed by atoms with Crippen LogP contribution >= 0.6 is 0 Å². The van der Waals surface area contributed by atoms with Crippen LogP contribution in [-0.4, -0.2) is 150 Å². The highest BCUT2D eigenvalue weighted by Crippen LogP contribution is 2.42. The van der Waals surface area contributed by atoms with Gasteiger partial charge in [-0.15, -0.1) is 0 Å². The predicted octanol–water partition coefficient (Wildman–Crippen LogP) is 3.70. The molecule has 1 amide bonds. The molecule has 16 nitrogen and oxygen atoms in total. The zero-order chi connectivity index (χ0) is 45.2. The number of carbonyl (C=O) groups excluding carboxylic acids is 2. The van der Waals surface area contributed by atoms with Crippen molar-refractivity contribution in [2.75, 3.05) is 21.3 Å². The van der Waals surface area contributed by atoms with Gasteiger partial charge in [0.05, 0.1) is 66.1 Å². The second kappa shape index (κ2) is 19.9. The molecule has 0 bridgehead atoms. The summed E-state index contributed by atoms with van der Waals surface area (Å²) in [4.78, 5) is 35.0. The van der Waals surface area contributed by atoms with E-state index in [4.69, 9.17) is 42.9 Å². The summed E-state index contributed by atoms with van der Waals surface area (Å²) in [6.07, 6.45) is -7.93. The molecule has 4 aliphatic heterocycles. The van der Waals surface area contributed by atoms with Crippen molar-refractivity contribution in [1.29, 1.82) is 0 Å². The molecule has 18 atom stereocenters. The summed E-state index contributed by atoms with van der Waals surface area (Å²) < 4.78 is 51.7. The Morgan fingerprint density at radius 3 is 2.16 bits per heavy atom. The van der Waals surface area contributed by atoms with Gasteiger partial charge in [0.2, 0.25) is 5.91 Å². The van der Waals surface area contributed by atoms with Crippen LogP contribution in [0.3, 0.4) is 0 Å². The van der Waals surface area contributed by atoms with E-state index in [1.54, 1.807) is 34.8 Å². The lowest BCUT2D eigenvalue weighted by atomic mass is 9.78. The largest absolute Gasteiger partial charge is 0.459 e. The molecule has 0 spiro atoms. The van der Waals surface area contributed by atoms with Gasteiger partial charge in [0, 0.05) is 39.6 Å². The standard InChI is InChI=1S/C45H73N3O13/c1-14-32-45(10,53)36(49)28(6)39(51)47-24(2)21-44(9,55-13)38(26(4)34(27(5)40(52)58-32)59-33-22-43(8,54-12)37(50)29(7)57-33)61-41-35-31(20-25(3)56-41)48(11)42(60-35)46-23-30-18-16-15-17-19-30/h15-19,24-29,31-38,41,49-50,53H,14,20-23H2,1-13H3,(H,47,51)/t24-,25-,26+,27-,28-,29+,31+,32-,33+,34+,35-,36-,37+,38-,41-,43-,44-,45-/m1/s1. The van der Waals surface area contributed by atoms with Gasteiger partial charge in [-0.25, -0.2) is 4.99 Å². The Bertz CT molecular complexity index is 1650. The van der Waals surface area contributed by atoms with Gasteiger partial charge in [-0.2, -0.15) is 0 Å². The van der Waals surface area contributed by atoms with Gasteiger partial charge >= 0.3 is 5.97 Å². The van der Waals surface area contributed by atoms with E-state index in [9.17, 15) is 24.9 Å². The Morgan fingerprint density at radius 2 is 1.54 bits per heavy atom. The summed E-state index contributed by atoms with van der Waals surface area (Å²) in [5, 5.41) is 37.3. The molecule has 0 unspecified atom stereocenters. The minimum Gasteiger partial charge on any atom is -0.459 e. The number of rotatable bonds is 9. The summed E-state index contributed by atoms with van der Waals surface area (Å²) in [7, 11) is 5.03. The summed E-state index contributed by atoms with van der Waals surface area (Å²) in [5.41, 5.74) is -3.19. The van der Waals surface area contributed by atoms with Gasteiger partial charge in [-0.05, 0) is 73.3 Å². The minimum absolute atomic E-state index is 0.130. The lowest BCUT2D eigenvalue weighted by molar-refractivity contribution is -0.314. The van der Waals surface area contributed by atoms with Gasteiger partial charge in [0.1, 0.15) is 17.8 Å². The van der Waals surface area contributed by atoms with E-state index >= 15 is 0 Å². The number of aliphatic hydroxyl groups is 3. The van der Waals surface area contributed by atoms with Crippen molar-refractivity contribution in [2.24, 2.45) is 22.7 Å². The second-order valence-electron chi connectivity index (χ2n) is 18.6. The molecule has 0 saturated carbocycles. The number of nitrogens with zero attached hydrogens (tertiary/aromatic N) is 2. The summed E-state index contributed by atoms with van der Waals surface area (Å²) in [6.45, 7) is 17.8. The normalized spacial score (nSPS) is 45.0. The molecule has 0 radical (unpaired) electrons. The SMILES string of the molecule is CC[C@H]1OC(=O)[C@H](C)[C@@H](O[C@H]2C[C@@](C)(OC)[C@@H](O)[C@H](C)O2)[C@H](C)[C@@H](O[C@H]2O[C@H](C)C[C@H]3[C@H]2OC(=NCc2ccccc2)N3C)[C@](C)(OC)C[C@@H](C)NC(=O)[C@H](C)[C@@H](O)[C@]1(C)O. The van der Waals surface area contributed by atoms with Gasteiger partial charge in [0.25, 0.3) is 6.02 Å². The smallest absolute Gasteiger partial charge is 0.311 e. The highest BCUT2D eigenvalue weighted by molar-refractivity contribution is 5.79. The van der Waals surface area contributed by atoms with Gasteiger partial charge < -0.3 is 63.4 Å². The number of aliphatic hydroxyl groups excluding tert-OH is 2. The highest BCUT2D eigenvalue weighted by atomic mass is 16.7. The molecule has 4 saturated heterocycles. The fraction of sp³-hybridized carbons (Fsp3) is 0.800. The monoisotopic (exact) mass is 864 g/mol. The third kappa shape index (κ3) is 10.6. The van der Waals surface area contributed by atoms with Gasteiger partial charge in [-0.1, -0.05) is 51.1 Å². The number of methoxy groups -OCH3 is 2. The molecule has 1 aromatic rings. The van der Waals surface area contributed by atoms with E-state index < -0.39 is 108 Å². The number of hydrogen-bond acceptors (Lipinski definition) is 14. The number of fused-ring (bicyclic) bond motifs is 1. The fourth-order valence-corrected chi connectivity index (χ4v) is 9.67. The van der Waals surface area contributed by atoms with Crippen molar-refractivity contribution >= 4 is 17.9 Å². The van der Waals surface area contributed by atoms with Crippen LogP contribution in [0.1, 0.15) is 100 Å². The molecule has 0 aliphatic carbocycles. The zero-order valence-corrected chi connectivity index (χ0v) is 38.4. The number of hydrogen-bond donors (Lipinski definition) is 4. The Morgan fingerprint density at radius 1 is 0.885 bits per heavy atom. The third-order valence-corrected chi connectivity index (χ3v) is 13.7. The molecule has 4 aliphatic rings. The van der Waals surface area contributed by atoms with Crippen molar-refractivity contribution in [3.8, 4) is 0 Å². The van der Waals surface area contributed by atoms with E-state index in [-0.39, 0.29) is 31.4 Å². The minimum atomic E-state index is -2.00. The first kappa shape index (κ1) is 49.1. The molecule has 346 valence electrons. The summed E-state index contributed by atoms with van der Waals surface area (Å²) >= 11 is 0. The van der Waals surface area contributed by atoms with Crippen molar-refractivity contribution in [1.82, 2.24) is 10.2 Å². The number of amidine groups is 1. The Hall–Kier alpha value is -2.93. The van der Waals surface area contributed by atoms with Crippen LogP contribution in [0.2, 0.25) is 0 Å². The Labute approximate surface area is 361 Å². The molecule has 5 rings (SSSR count). The fourth-order valence-electron chi connectivity index (χ4n) is 9.67. The quantitative estimate of drug-likeness (QED) is 0.263. The molecular formula is C45H73N3O13. The number of esters is 1. The van der Waals surface area contributed by atoms with E-state index in [2.05, 4.69) is 5.32 Å². The lowest BCUT2D eigenvalue weighted by Crippen LogP contribution is -2.60. The van der Waals surface area contributed by atoms with E-state index in [1.807, 2.05) is 70.0 Å². The number of ether oxygens (including phenoxy) is 8. The van der Waals surface area contributed by atoms with Crippen LogP contribution < -0.4 is 5.32 Å². The number of nitrogens with one attached hydrogen (secondary N) is 1. The molecule has 1 aromatic carbocycles. The van der Waals surface area contributed by atoms with Crippen LogP contribution in [0, 0.1) is 17.8 Å². The van der Waals surface area contributed by atoms with Crippen molar-refractivity contribution in [3.63, 3.8) is 0 Å². The Balaban J connectivity index is 1.59. The molecule has 4 fully saturated rings. The highest BCUT2D eigenvalue weighted by Gasteiger charge is 2.55. The summed E-state index contributed by atoms with van der Waals surface area (Å²) in [5.74, 6) is -4.01. The van der Waals surface area contributed by atoms with E-state index in [0.717, 1.165) is 5.56 Å². The van der Waals surface area contributed by atoms with Crippen LogP contribution in [-0.2, 0) is 54.0 Å². The summed E-state index contributed by atoms with van der Waals surface area (Å²) in [6, 6.07) is 9.70. The van der Waals surface area contributed by atoms with Crippen molar-refractivity contribution in [3.05, 3.63) is 35.9 Å². The lowest BCUT2D eigenvalue weighted by Gasteiger charge is -2.49. The van der Waals surface area contributed by atoms with Crippen LogP contribution in [0.15, 0.2) is 35.3 Å². The molecular weight excluding hydrogens is 791 g/mol. The number of cyclic esters (lactones) is 1. The average Bonchev–Trinajstić information content (AvgIpc) is 3.54. The maximum absolute atomic E-state index is 14.5. The number of aliphatic imine (C=N–C) groups is 1. The van der Waals surface area contributed by atoms with Crippen molar-refractivity contribution in [2.45, 2.75) is 192 Å². The van der Waals surface area contributed by atoms with Gasteiger partial charge in [0.15, 0.2) is 18.7 Å². The average molecular weight is 864 g/mol. The maximum Gasteiger partial charge on any atom is 0.311 e. The van der Waals surface area contributed by atoms with Crippen LogP contribution in [0.5, 0.6) is 0 Å². The number of benzene rings is 1. The first-order chi connectivity index (χ1) is 28.6. The molecule has 4 N–H and O–H groups in total. The van der Waals surface area contributed by atoms with Crippen LogP contribution in [0.25, 0.3) is 0 Å². The third-order valence-electron chi connectivity index (χ3n) is 13.7. The van der Waals surface area contributed by atoms with E-state index in [0.29, 0.717) is 19.0 Å². The predicted molar refractivity (Wildman–Crippen MR) is 225 cm³/mol. The van der Waals surface area contributed by atoms with Gasteiger partial charge in [-0.3, -0.25) is 9.59 Å².